The molecule has 0 atom stereocenters. The fourth-order valence-electron chi connectivity index (χ4n) is 2.39. The number of hydrogen-bond donors (Lipinski definition) is 1. The van der Waals surface area contributed by atoms with Gasteiger partial charge < -0.3 is 10.0 Å². The average Bonchev–Trinajstić information content (AvgIpc) is 2.40. The molecule has 0 amide bonds. The van der Waals surface area contributed by atoms with Crippen molar-refractivity contribution in [2.75, 3.05) is 19.6 Å². The lowest BCUT2D eigenvalue weighted by Gasteiger charge is -2.17. The Kier molecular flexibility index (Phi) is 13.4. The van der Waals surface area contributed by atoms with Crippen LogP contribution in [0.15, 0.2) is 0 Å². The molecule has 0 saturated heterocycles. The summed E-state index contributed by atoms with van der Waals surface area (Å²) >= 11 is 0. The molecule has 3 nitrogen and oxygen atoms in total. The zero-order chi connectivity index (χ0) is 14.3. The van der Waals surface area contributed by atoms with Crippen molar-refractivity contribution in [2.24, 2.45) is 0 Å². The van der Waals surface area contributed by atoms with Gasteiger partial charge in [0.2, 0.25) is 0 Å². The van der Waals surface area contributed by atoms with Gasteiger partial charge in [0.25, 0.3) is 0 Å². The molecule has 3 heteroatoms. The molecule has 0 heterocycles. The van der Waals surface area contributed by atoms with Crippen molar-refractivity contribution in [1.82, 2.24) is 4.90 Å². The minimum absolute atomic E-state index is 0.339. The van der Waals surface area contributed by atoms with E-state index in [0.717, 1.165) is 12.8 Å². The molecule has 0 aliphatic heterocycles. The quantitative estimate of drug-likeness (QED) is 0.478. The van der Waals surface area contributed by atoms with Crippen molar-refractivity contribution < 1.29 is 9.90 Å². The smallest absolute Gasteiger partial charge is 0.303 e. The maximum Gasteiger partial charge on any atom is 0.303 e. The molecule has 0 unspecified atom stereocenters. The second-order valence-corrected chi connectivity index (χ2v) is 5.35. The van der Waals surface area contributed by atoms with Crippen LogP contribution in [0, 0.1) is 0 Å². The molecule has 0 aliphatic carbocycles. The largest absolute Gasteiger partial charge is 0.481 e. The van der Waals surface area contributed by atoms with Gasteiger partial charge >= 0.3 is 5.97 Å². The summed E-state index contributed by atoms with van der Waals surface area (Å²) in [7, 11) is 0. The van der Waals surface area contributed by atoms with Crippen LogP contribution in [0.5, 0.6) is 0 Å². The van der Waals surface area contributed by atoms with Crippen molar-refractivity contribution in [3.05, 3.63) is 0 Å². The minimum Gasteiger partial charge on any atom is -0.481 e. The second-order valence-electron chi connectivity index (χ2n) is 5.35. The van der Waals surface area contributed by atoms with E-state index in [1.165, 1.54) is 64.6 Å². The minimum atomic E-state index is -0.659. The normalized spacial score (nSPS) is 11.1. The van der Waals surface area contributed by atoms with Gasteiger partial charge in [-0.05, 0) is 32.5 Å². The van der Waals surface area contributed by atoms with Crippen LogP contribution in [0.3, 0.4) is 0 Å². The van der Waals surface area contributed by atoms with E-state index in [1.54, 1.807) is 0 Å². The fraction of sp³-hybridized carbons (Fsp3) is 0.938. The number of carboxylic acid groups (broad SMARTS) is 1. The van der Waals surface area contributed by atoms with E-state index in [2.05, 4.69) is 18.7 Å². The van der Waals surface area contributed by atoms with E-state index in [-0.39, 0.29) is 0 Å². The van der Waals surface area contributed by atoms with Gasteiger partial charge in [0, 0.05) is 6.42 Å². The van der Waals surface area contributed by atoms with Crippen LogP contribution in [0.25, 0.3) is 0 Å². The summed E-state index contributed by atoms with van der Waals surface area (Å²) < 4.78 is 0. The highest BCUT2D eigenvalue weighted by Crippen LogP contribution is 2.10. The molecule has 0 spiro atoms. The van der Waals surface area contributed by atoms with Crippen LogP contribution in [-0.4, -0.2) is 35.6 Å². The summed E-state index contributed by atoms with van der Waals surface area (Å²) in [5, 5.41) is 8.51. The van der Waals surface area contributed by atoms with Gasteiger partial charge in [0.1, 0.15) is 0 Å². The van der Waals surface area contributed by atoms with Crippen molar-refractivity contribution in [2.45, 2.75) is 78.1 Å². The summed E-state index contributed by atoms with van der Waals surface area (Å²) in [6.07, 6.45) is 11.4. The predicted octanol–water partition coefficient (Wildman–Crippen LogP) is 4.31. The molecule has 0 fully saturated rings. The van der Waals surface area contributed by atoms with Crippen LogP contribution in [0.4, 0.5) is 0 Å². The van der Waals surface area contributed by atoms with Gasteiger partial charge in [-0.25, -0.2) is 0 Å². The highest BCUT2D eigenvalue weighted by molar-refractivity contribution is 5.66. The molecule has 19 heavy (non-hydrogen) atoms. The Hall–Kier alpha value is -0.570. The number of unbranched alkanes of at least 4 members (excludes halogenated alkanes) is 8. The number of rotatable bonds is 14. The monoisotopic (exact) mass is 271 g/mol. The van der Waals surface area contributed by atoms with E-state index < -0.39 is 5.97 Å². The van der Waals surface area contributed by atoms with Crippen LogP contribution in [0.2, 0.25) is 0 Å². The lowest BCUT2D eigenvalue weighted by Crippen LogP contribution is -2.23. The second kappa shape index (κ2) is 13.9. The van der Waals surface area contributed by atoms with Crippen molar-refractivity contribution in [3.63, 3.8) is 0 Å². The number of hydrogen-bond acceptors (Lipinski definition) is 2. The highest BCUT2D eigenvalue weighted by atomic mass is 16.4. The average molecular weight is 271 g/mol. The van der Waals surface area contributed by atoms with E-state index in [9.17, 15) is 4.79 Å². The third-order valence-corrected chi connectivity index (χ3v) is 3.76. The van der Waals surface area contributed by atoms with Gasteiger partial charge in [0.05, 0.1) is 0 Å². The number of aliphatic carboxylic acids is 1. The lowest BCUT2D eigenvalue weighted by molar-refractivity contribution is -0.137. The standard InChI is InChI=1S/C16H33NO2/c1-3-17(4-2)15-13-11-9-7-5-6-8-10-12-14-16(18)19/h3-15H2,1-2H3,(H,18,19). The molecule has 0 aliphatic rings. The molecular weight excluding hydrogens is 238 g/mol. The number of carbonyl (C=O) groups is 1. The van der Waals surface area contributed by atoms with Crippen molar-refractivity contribution >= 4 is 5.97 Å². The van der Waals surface area contributed by atoms with E-state index in [1.807, 2.05) is 0 Å². The summed E-state index contributed by atoms with van der Waals surface area (Å²) in [4.78, 5) is 12.8. The molecule has 0 aromatic heterocycles. The SMILES string of the molecule is CCN(CC)CCCCCCCCCCCC(=O)O. The Balaban J connectivity index is 3.08. The molecule has 0 bridgehead atoms. The maximum absolute atomic E-state index is 10.3. The molecule has 1 N–H and O–H groups in total. The first-order chi connectivity index (χ1) is 9.20. The molecule has 114 valence electrons. The van der Waals surface area contributed by atoms with Crippen molar-refractivity contribution in [3.8, 4) is 0 Å². The van der Waals surface area contributed by atoms with Gasteiger partial charge in [-0.1, -0.05) is 58.8 Å². The predicted molar refractivity (Wildman–Crippen MR) is 81.6 cm³/mol. The summed E-state index contributed by atoms with van der Waals surface area (Å²) in [6, 6.07) is 0. The van der Waals surface area contributed by atoms with Gasteiger partial charge in [-0.15, -0.1) is 0 Å². The first-order valence-electron chi connectivity index (χ1n) is 8.14. The fourth-order valence-corrected chi connectivity index (χ4v) is 2.39. The highest BCUT2D eigenvalue weighted by Gasteiger charge is 1.99. The molecule has 0 aromatic rings. The summed E-state index contributed by atoms with van der Waals surface area (Å²) in [6.45, 7) is 8.06. The summed E-state index contributed by atoms with van der Waals surface area (Å²) in [5.74, 6) is -0.659. The number of carboxylic acids is 1. The Labute approximate surface area is 119 Å². The third kappa shape index (κ3) is 13.7. The molecule has 0 saturated carbocycles. The Morgan fingerprint density at radius 1 is 0.789 bits per heavy atom. The lowest BCUT2D eigenvalue weighted by atomic mass is 10.1. The molecular formula is C16H33NO2. The van der Waals surface area contributed by atoms with Crippen LogP contribution >= 0.6 is 0 Å². The Morgan fingerprint density at radius 2 is 1.21 bits per heavy atom. The Morgan fingerprint density at radius 3 is 1.63 bits per heavy atom. The van der Waals surface area contributed by atoms with Gasteiger partial charge in [0.15, 0.2) is 0 Å². The van der Waals surface area contributed by atoms with Crippen LogP contribution in [-0.2, 0) is 4.79 Å². The zero-order valence-electron chi connectivity index (χ0n) is 13.0. The first kappa shape index (κ1) is 18.4. The molecule has 0 aromatic carbocycles. The van der Waals surface area contributed by atoms with E-state index >= 15 is 0 Å². The molecule has 0 rings (SSSR count). The van der Waals surface area contributed by atoms with Crippen molar-refractivity contribution in [1.29, 1.82) is 0 Å². The zero-order valence-corrected chi connectivity index (χ0v) is 13.0. The Bertz CT molecular complexity index is 203. The van der Waals surface area contributed by atoms with Crippen LogP contribution < -0.4 is 0 Å². The molecule has 0 radical (unpaired) electrons. The third-order valence-electron chi connectivity index (χ3n) is 3.76. The first-order valence-corrected chi connectivity index (χ1v) is 8.14. The van der Waals surface area contributed by atoms with Gasteiger partial charge in [-0.2, -0.15) is 0 Å². The van der Waals surface area contributed by atoms with E-state index in [4.69, 9.17) is 5.11 Å². The topological polar surface area (TPSA) is 40.5 Å². The maximum atomic E-state index is 10.3. The van der Waals surface area contributed by atoms with Gasteiger partial charge in [-0.3, -0.25) is 4.79 Å². The van der Waals surface area contributed by atoms with E-state index in [0.29, 0.717) is 6.42 Å². The number of nitrogens with zero attached hydrogens (tertiary/aromatic N) is 1. The summed E-state index contributed by atoms with van der Waals surface area (Å²) in [5.41, 5.74) is 0. The van der Waals surface area contributed by atoms with Crippen LogP contribution in [0.1, 0.15) is 78.1 Å².